The molecule has 0 spiro atoms. The lowest BCUT2D eigenvalue weighted by Crippen LogP contribution is -2.43. The van der Waals surface area contributed by atoms with E-state index < -0.39 is 20.2 Å². The third-order valence-electron chi connectivity index (χ3n) is 5.69. The monoisotopic (exact) mass is 458 g/mol. The topological polar surface area (TPSA) is 95.9 Å². The quantitative estimate of drug-likeness (QED) is 0.365. The number of nitrogens with zero attached hydrogens (tertiary/aromatic N) is 1. The van der Waals surface area contributed by atoms with Gasteiger partial charge in [-0.3, -0.25) is 9.36 Å². The predicted octanol–water partition coefficient (Wildman–Crippen LogP) is 4.21. The summed E-state index contributed by atoms with van der Waals surface area (Å²) >= 11 is 0. The van der Waals surface area contributed by atoms with Crippen LogP contribution in [0.3, 0.4) is 0 Å². The Morgan fingerprint density at radius 3 is 2.47 bits per heavy atom. The fourth-order valence-electron chi connectivity index (χ4n) is 4.01. The number of likely N-dealkylation sites (tertiary alicyclic amines) is 1. The molecule has 1 amide bonds. The Kier molecular flexibility index (Phi) is 9.47. The van der Waals surface area contributed by atoms with Crippen LogP contribution in [0.4, 0.5) is 0 Å². The van der Waals surface area contributed by atoms with Crippen molar-refractivity contribution in [1.82, 2.24) is 9.99 Å². The summed E-state index contributed by atoms with van der Waals surface area (Å²) < 4.78 is 18.4. The van der Waals surface area contributed by atoms with Crippen LogP contribution in [0.5, 0.6) is 0 Å². The third-order valence-corrected chi connectivity index (χ3v) is 6.65. The molecule has 0 bridgehead atoms. The molecule has 0 aromatic heterocycles. The van der Waals surface area contributed by atoms with Crippen molar-refractivity contribution < 1.29 is 23.8 Å². The minimum atomic E-state index is -2.68. The molecule has 32 heavy (non-hydrogen) atoms. The Labute approximate surface area is 189 Å². The summed E-state index contributed by atoms with van der Waals surface area (Å²) in [5.74, 6) is -1.37. The summed E-state index contributed by atoms with van der Waals surface area (Å²) in [6, 6.07) is 19.2. The molecule has 172 valence electrons. The molecule has 1 aliphatic rings. The number of carboxylic acids is 1. The van der Waals surface area contributed by atoms with Crippen LogP contribution in [0.25, 0.3) is 0 Å². The summed E-state index contributed by atoms with van der Waals surface area (Å²) in [5.41, 5.74) is 2.24. The van der Waals surface area contributed by atoms with E-state index in [2.05, 4.69) is 17.2 Å². The number of aryl methyl sites for hydroxylation is 1. The second-order valence-corrected chi connectivity index (χ2v) is 9.14. The molecule has 2 aromatic carbocycles. The third kappa shape index (κ3) is 7.30. The molecular weight excluding hydrogens is 427 g/mol. The van der Waals surface area contributed by atoms with Gasteiger partial charge >= 0.3 is 5.97 Å². The number of amides is 1. The largest absolute Gasteiger partial charge is 0.480 e. The SMILES string of the molecule is O=C(O)[C@@H]1CCCN1C(=O)CN[PH](=O)OC(CCCCc1ccccc1)c1ccccc1. The molecule has 1 heterocycles. The van der Waals surface area contributed by atoms with Gasteiger partial charge in [-0.25, -0.2) is 9.88 Å². The molecule has 2 aromatic rings. The van der Waals surface area contributed by atoms with Gasteiger partial charge in [0.05, 0.1) is 12.6 Å². The number of carbonyl (C=O) groups is 2. The number of carboxylic acid groups (broad SMARTS) is 1. The molecule has 2 unspecified atom stereocenters. The summed E-state index contributed by atoms with van der Waals surface area (Å²) in [4.78, 5) is 25.0. The van der Waals surface area contributed by atoms with Gasteiger partial charge in [-0.15, -0.1) is 0 Å². The molecule has 1 fully saturated rings. The van der Waals surface area contributed by atoms with E-state index in [0.717, 1.165) is 31.2 Å². The fraction of sp³-hybridized carbons (Fsp3) is 0.417. The van der Waals surface area contributed by atoms with Crippen LogP contribution in [0.15, 0.2) is 60.7 Å². The van der Waals surface area contributed by atoms with Crippen LogP contribution in [0, 0.1) is 0 Å². The Bertz CT molecular complexity index is 894. The van der Waals surface area contributed by atoms with Crippen molar-refractivity contribution >= 4 is 20.1 Å². The molecule has 0 aliphatic carbocycles. The summed E-state index contributed by atoms with van der Waals surface area (Å²) in [6.45, 7) is 0.213. The van der Waals surface area contributed by atoms with E-state index >= 15 is 0 Å². The maximum Gasteiger partial charge on any atom is 0.326 e. The zero-order valence-corrected chi connectivity index (χ0v) is 19.1. The Balaban J connectivity index is 1.49. The van der Waals surface area contributed by atoms with Crippen LogP contribution in [-0.2, 0) is 25.1 Å². The molecule has 3 rings (SSSR count). The van der Waals surface area contributed by atoms with Crippen LogP contribution in [0.2, 0.25) is 0 Å². The van der Waals surface area contributed by atoms with Gasteiger partial charge in [-0.05, 0) is 43.2 Å². The van der Waals surface area contributed by atoms with Gasteiger partial charge in [-0.1, -0.05) is 67.1 Å². The van der Waals surface area contributed by atoms with Crippen molar-refractivity contribution in [2.45, 2.75) is 50.7 Å². The maximum absolute atomic E-state index is 12.6. The lowest BCUT2D eigenvalue weighted by atomic mass is 10.0. The second-order valence-electron chi connectivity index (χ2n) is 7.97. The number of hydrogen-bond donors (Lipinski definition) is 2. The number of carbonyl (C=O) groups excluding carboxylic acids is 1. The minimum Gasteiger partial charge on any atom is -0.480 e. The van der Waals surface area contributed by atoms with E-state index in [1.807, 2.05) is 48.5 Å². The number of hydrogen-bond acceptors (Lipinski definition) is 4. The average molecular weight is 458 g/mol. The van der Waals surface area contributed by atoms with Gasteiger partial charge in [0.1, 0.15) is 6.04 Å². The highest BCUT2D eigenvalue weighted by Crippen LogP contribution is 2.33. The first kappa shape index (κ1) is 24.2. The molecular formula is C24H31N2O5P. The van der Waals surface area contributed by atoms with Crippen molar-refractivity contribution in [2.24, 2.45) is 0 Å². The molecule has 1 aliphatic heterocycles. The lowest BCUT2D eigenvalue weighted by Gasteiger charge is -2.22. The summed E-state index contributed by atoms with van der Waals surface area (Å²) in [7, 11) is -2.68. The van der Waals surface area contributed by atoms with Crippen molar-refractivity contribution in [3.8, 4) is 0 Å². The van der Waals surface area contributed by atoms with Crippen molar-refractivity contribution in [3.63, 3.8) is 0 Å². The van der Waals surface area contributed by atoms with E-state index in [0.29, 0.717) is 19.4 Å². The number of rotatable bonds is 12. The Hall–Kier alpha value is -2.47. The van der Waals surface area contributed by atoms with Gasteiger partial charge < -0.3 is 14.5 Å². The Morgan fingerprint density at radius 2 is 1.78 bits per heavy atom. The van der Waals surface area contributed by atoms with E-state index in [4.69, 9.17) is 4.52 Å². The molecule has 2 N–H and O–H groups in total. The predicted molar refractivity (Wildman–Crippen MR) is 124 cm³/mol. The standard InChI is InChI=1S/C24H31N2O5P/c27-23(26-17-9-15-21(26)24(28)29)18-25-32(30)31-22(20-13-5-2-6-14-20)16-8-7-12-19-10-3-1-4-11-19/h1-6,10-11,13-14,21-22,32H,7-9,12,15-18H2,(H,25,30)(H,28,29)/t21-,22?/m0/s1. The number of benzene rings is 2. The van der Waals surface area contributed by atoms with Gasteiger partial charge in [0, 0.05) is 6.54 Å². The maximum atomic E-state index is 12.6. The number of nitrogens with one attached hydrogen (secondary N) is 1. The zero-order valence-electron chi connectivity index (χ0n) is 18.1. The van der Waals surface area contributed by atoms with Crippen molar-refractivity contribution in [2.75, 3.05) is 13.1 Å². The highest BCUT2D eigenvalue weighted by molar-refractivity contribution is 7.36. The minimum absolute atomic E-state index is 0.197. The number of aliphatic carboxylic acids is 1. The van der Waals surface area contributed by atoms with Gasteiger partial charge in [0.15, 0.2) is 0 Å². The first-order chi connectivity index (χ1) is 15.5. The van der Waals surface area contributed by atoms with Crippen LogP contribution < -0.4 is 5.09 Å². The lowest BCUT2D eigenvalue weighted by molar-refractivity contribution is -0.147. The fourth-order valence-corrected chi connectivity index (χ4v) is 4.90. The first-order valence-electron chi connectivity index (χ1n) is 11.1. The van der Waals surface area contributed by atoms with E-state index in [1.54, 1.807) is 0 Å². The summed E-state index contributed by atoms with van der Waals surface area (Å²) in [6.07, 6.45) is 4.38. The van der Waals surface area contributed by atoms with Gasteiger partial charge in [0.2, 0.25) is 5.91 Å². The van der Waals surface area contributed by atoms with Gasteiger partial charge in [-0.2, -0.15) is 0 Å². The molecule has 0 radical (unpaired) electrons. The molecule has 8 heteroatoms. The highest BCUT2D eigenvalue weighted by Gasteiger charge is 2.33. The van der Waals surface area contributed by atoms with E-state index in [9.17, 15) is 19.3 Å². The average Bonchev–Trinajstić information content (AvgIpc) is 3.31. The highest BCUT2D eigenvalue weighted by atomic mass is 31.1. The van der Waals surface area contributed by atoms with Crippen LogP contribution in [-0.4, -0.2) is 41.0 Å². The first-order valence-corrected chi connectivity index (χ1v) is 12.4. The summed E-state index contributed by atoms with van der Waals surface area (Å²) in [5, 5.41) is 11.9. The van der Waals surface area contributed by atoms with E-state index in [1.165, 1.54) is 10.5 Å². The molecule has 7 nitrogen and oxygen atoms in total. The van der Waals surface area contributed by atoms with E-state index in [-0.39, 0.29) is 18.6 Å². The van der Waals surface area contributed by atoms with Crippen molar-refractivity contribution in [3.05, 3.63) is 71.8 Å². The van der Waals surface area contributed by atoms with Crippen LogP contribution in [0.1, 0.15) is 49.3 Å². The van der Waals surface area contributed by atoms with Crippen molar-refractivity contribution in [1.29, 1.82) is 0 Å². The van der Waals surface area contributed by atoms with Crippen LogP contribution >= 0.6 is 8.18 Å². The molecule has 3 atom stereocenters. The molecule has 0 saturated carbocycles. The Morgan fingerprint density at radius 1 is 1.09 bits per heavy atom. The molecule has 1 saturated heterocycles. The number of unbranched alkanes of at least 4 members (excludes halogenated alkanes) is 1. The second kappa shape index (κ2) is 12.5. The zero-order chi connectivity index (χ0) is 22.8. The smallest absolute Gasteiger partial charge is 0.326 e. The van der Waals surface area contributed by atoms with Gasteiger partial charge in [0.25, 0.3) is 8.18 Å². The normalized spacial score (nSPS) is 17.8.